The Kier molecular flexibility index (Phi) is 3.72. The van der Waals surface area contributed by atoms with E-state index < -0.39 is 5.60 Å². The minimum atomic E-state index is -0.422. The van der Waals surface area contributed by atoms with Crippen LogP contribution >= 0.6 is 0 Å². The van der Waals surface area contributed by atoms with Gasteiger partial charge in [0.05, 0.1) is 25.9 Å². The van der Waals surface area contributed by atoms with Gasteiger partial charge < -0.3 is 23.5 Å². The Labute approximate surface area is 138 Å². The van der Waals surface area contributed by atoms with Crippen molar-refractivity contribution in [1.82, 2.24) is 20.3 Å². The molecule has 2 aliphatic heterocycles. The Morgan fingerprint density at radius 1 is 1.29 bits per heavy atom. The molecule has 0 aromatic carbocycles. The lowest BCUT2D eigenvalue weighted by atomic mass is 9.91. The SMILES string of the molecule is Cc1nnc(N2CCCC3(CN(C(=O)c4ccno4)CCO3)C2)o1. The number of piperidine rings is 1. The Hall–Kier alpha value is -2.42. The van der Waals surface area contributed by atoms with Gasteiger partial charge in [0, 0.05) is 26.1 Å². The van der Waals surface area contributed by atoms with E-state index in [0.717, 1.165) is 19.4 Å². The first-order valence-corrected chi connectivity index (χ1v) is 8.04. The lowest BCUT2D eigenvalue weighted by molar-refractivity contribution is -0.105. The van der Waals surface area contributed by atoms with Gasteiger partial charge in [-0.15, -0.1) is 5.10 Å². The number of ether oxygens (including phenoxy) is 1. The van der Waals surface area contributed by atoms with Crippen molar-refractivity contribution >= 4 is 11.9 Å². The van der Waals surface area contributed by atoms with E-state index in [0.29, 0.717) is 38.1 Å². The van der Waals surface area contributed by atoms with Gasteiger partial charge in [-0.1, -0.05) is 10.3 Å². The van der Waals surface area contributed by atoms with Crippen molar-refractivity contribution in [3.63, 3.8) is 0 Å². The van der Waals surface area contributed by atoms with Gasteiger partial charge in [0.15, 0.2) is 0 Å². The average molecular weight is 333 g/mol. The molecule has 128 valence electrons. The van der Waals surface area contributed by atoms with E-state index in [1.807, 2.05) is 4.90 Å². The highest BCUT2D eigenvalue weighted by Crippen LogP contribution is 2.31. The first kappa shape index (κ1) is 15.1. The van der Waals surface area contributed by atoms with E-state index in [-0.39, 0.29) is 11.7 Å². The van der Waals surface area contributed by atoms with Crippen molar-refractivity contribution in [3.8, 4) is 0 Å². The first-order chi connectivity index (χ1) is 11.7. The maximum atomic E-state index is 12.5. The summed E-state index contributed by atoms with van der Waals surface area (Å²) in [6.45, 7) is 4.77. The van der Waals surface area contributed by atoms with E-state index in [1.165, 1.54) is 6.20 Å². The van der Waals surface area contributed by atoms with Crippen molar-refractivity contribution < 1.29 is 18.5 Å². The van der Waals surface area contributed by atoms with Crippen LogP contribution < -0.4 is 4.90 Å². The molecule has 4 heterocycles. The third kappa shape index (κ3) is 2.75. The monoisotopic (exact) mass is 333 g/mol. The molecule has 0 bridgehead atoms. The molecule has 2 saturated heterocycles. The second kappa shape index (κ2) is 5.90. The van der Waals surface area contributed by atoms with Gasteiger partial charge in [0.2, 0.25) is 11.7 Å². The number of aromatic nitrogens is 3. The van der Waals surface area contributed by atoms with E-state index in [9.17, 15) is 4.79 Å². The quantitative estimate of drug-likeness (QED) is 0.799. The number of carbonyl (C=O) groups excluding carboxylic acids is 1. The summed E-state index contributed by atoms with van der Waals surface area (Å²) < 4.78 is 16.6. The molecule has 1 amide bonds. The van der Waals surface area contributed by atoms with E-state index in [4.69, 9.17) is 13.7 Å². The number of amides is 1. The topological polar surface area (TPSA) is 97.7 Å². The van der Waals surface area contributed by atoms with Crippen molar-refractivity contribution in [2.75, 3.05) is 37.7 Å². The third-order valence-electron chi connectivity index (χ3n) is 4.51. The molecule has 1 spiro atoms. The number of hydrogen-bond donors (Lipinski definition) is 0. The molecule has 0 saturated carbocycles. The summed E-state index contributed by atoms with van der Waals surface area (Å²) in [6.07, 6.45) is 3.30. The number of nitrogens with zero attached hydrogens (tertiary/aromatic N) is 5. The van der Waals surface area contributed by atoms with Crippen LogP contribution in [0.1, 0.15) is 29.3 Å². The lowest BCUT2D eigenvalue weighted by Gasteiger charge is -2.47. The van der Waals surface area contributed by atoms with Crippen LogP contribution in [-0.2, 0) is 4.74 Å². The molecule has 1 unspecified atom stereocenters. The van der Waals surface area contributed by atoms with Gasteiger partial charge in [-0.05, 0) is 12.8 Å². The van der Waals surface area contributed by atoms with Crippen LogP contribution in [0.4, 0.5) is 6.01 Å². The summed E-state index contributed by atoms with van der Waals surface area (Å²) in [4.78, 5) is 16.3. The zero-order valence-electron chi connectivity index (χ0n) is 13.5. The van der Waals surface area contributed by atoms with Gasteiger partial charge in [0.1, 0.15) is 5.60 Å². The van der Waals surface area contributed by atoms with Crippen LogP contribution in [0.3, 0.4) is 0 Å². The molecule has 2 aliphatic rings. The lowest BCUT2D eigenvalue weighted by Crippen LogP contribution is -2.60. The predicted octanol–water partition coefficient (Wildman–Crippen LogP) is 0.878. The average Bonchev–Trinajstić information content (AvgIpc) is 3.26. The summed E-state index contributed by atoms with van der Waals surface area (Å²) in [5.74, 6) is 0.643. The summed E-state index contributed by atoms with van der Waals surface area (Å²) in [7, 11) is 0. The maximum absolute atomic E-state index is 12.5. The summed E-state index contributed by atoms with van der Waals surface area (Å²) >= 11 is 0. The molecule has 9 nitrogen and oxygen atoms in total. The molecule has 1 atom stereocenters. The molecule has 9 heteroatoms. The van der Waals surface area contributed by atoms with Crippen LogP contribution in [-0.4, -0.2) is 64.5 Å². The van der Waals surface area contributed by atoms with E-state index in [2.05, 4.69) is 15.4 Å². The van der Waals surface area contributed by atoms with Gasteiger partial charge >= 0.3 is 6.01 Å². The van der Waals surface area contributed by atoms with Gasteiger partial charge in [-0.25, -0.2) is 0 Å². The Balaban J connectivity index is 1.50. The van der Waals surface area contributed by atoms with Gasteiger partial charge in [-0.2, -0.15) is 0 Å². The summed E-state index contributed by atoms with van der Waals surface area (Å²) in [5.41, 5.74) is -0.422. The minimum absolute atomic E-state index is 0.152. The smallest absolute Gasteiger partial charge is 0.318 e. The van der Waals surface area contributed by atoms with Crippen LogP contribution in [0, 0.1) is 6.92 Å². The highest BCUT2D eigenvalue weighted by Gasteiger charge is 2.43. The van der Waals surface area contributed by atoms with Crippen LogP contribution in [0.5, 0.6) is 0 Å². The number of rotatable bonds is 2. The second-order valence-electron chi connectivity index (χ2n) is 6.26. The molecule has 0 radical (unpaired) electrons. The largest absolute Gasteiger partial charge is 0.408 e. The minimum Gasteiger partial charge on any atom is -0.408 e. The van der Waals surface area contributed by atoms with Crippen molar-refractivity contribution in [3.05, 3.63) is 23.9 Å². The van der Waals surface area contributed by atoms with Crippen molar-refractivity contribution in [2.45, 2.75) is 25.4 Å². The predicted molar refractivity (Wildman–Crippen MR) is 81.6 cm³/mol. The molecular formula is C15H19N5O4. The zero-order valence-corrected chi connectivity index (χ0v) is 13.5. The van der Waals surface area contributed by atoms with Crippen molar-refractivity contribution in [1.29, 1.82) is 0 Å². The molecule has 4 rings (SSSR count). The number of aryl methyl sites for hydroxylation is 1. The molecule has 0 aliphatic carbocycles. The maximum Gasteiger partial charge on any atom is 0.318 e. The molecule has 0 N–H and O–H groups in total. The molecule has 2 aromatic heterocycles. The summed E-state index contributed by atoms with van der Waals surface area (Å²) in [6, 6.07) is 2.09. The van der Waals surface area contributed by atoms with Gasteiger partial charge in [0.25, 0.3) is 5.91 Å². The van der Waals surface area contributed by atoms with Gasteiger partial charge in [-0.3, -0.25) is 4.79 Å². The Bertz CT molecular complexity index is 711. The third-order valence-corrected chi connectivity index (χ3v) is 4.51. The molecule has 2 fully saturated rings. The second-order valence-corrected chi connectivity index (χ2v) is 6.26. The highest BCUT2D eigenvalue weighted by atomic mass is 16.5. The number of carbonyl (C=O) groups is 1. The van der Waals surface area contributed by atoms with Crippen LogP contribution in [0.25, 0.3) is 0 Å². The molecular weight excluding hydrogens is 314 g/mol. The Morgan fingerprint density at radius 2 is 2.21 bits per heavy atom. The fraction of sp³-hybridized carbons (Fsp3) is 0.600. The van der Waals surface area contributed by atoms with Crippen LogP contribution in [0.15, 0.2) is 21.2 Å². The van der Waals surface area contributed by atoms with E-state index >= 15 is 0 Å². The van der Waals surface area contributed by atoms with E-state index in [1.54, 1.807) is 17.9 Å². The van der Waals surface area contributed by atoms with Crippen LogP contribution in [0.2, 0.25) is 0 Å². The number of anilines is 1. The normalized spacial score (nSPS) is 24.5. The highest BCUT2D eigenvalue weighted by molar-refractivity contribution is 5.91. The van der Waals surface area contributed by atoms with Crippen molar-refractivity contribution in [2.24, 2.45) is 0 Å². The fourth-order valence-corrected chi connectivity index (χ4v) is 3.42. The summed E-state index contributed by atoms with van der Waals surface area (Å²) in [5, 5.41) is 11.6. The standard InChI is InChI=1S/C15H19N5O4/c1-11-17-18-14(23-11)20-6-2-4-15(10-20)9-19(7-8-22-15)13(21)12-3-5-16-24-12/h3,5H,2,4,6-10H2,1H3. The fourth-order valence-electron chi connectivity index (χ4n) is 3.42. The Morgan fingerprint density at radius 3 is 2.96 bits per heavy atom. The zero-order chi connectivity index (χ0) is 16.6. The number of hydrogen-bond acceptors (Lipinski definition) is 8. The number of morpholine rings is 1. The first-order valence-electron chi connectivity index (χ1n) is 8.04. The molecule has 2 aromatic rings. The molecule has 24 heavy (non-hydrogen) atoms.